The fourth-order valence-electron chi connectivity index (χ4n) is 1.42. The molecule has 104 valence electrons. The minimum absolute atomic E-state index is 0.0845. The Hall–Kier alpha value is -1.31. The van der Waals surface area contributed by atoms with E-state index < -0.39 is 0 Å². The van der Waals surface area contributed by atoms with Crippen LogP contribution in [0.15, 0.2) is 30.3 Å². The number of carbonyl (C=O) groups is 1. The molecule has 1 unspecified atom stereocenters. The Morgan fingerprint density at radius 3 is 2.00 bits per heavy atom. The Bertz CT molecular complexity index is 280. The predicted molar refractivity (Wildman–Crippen MR) is 78.6 cm³/mol. The van der Waals surface area contributed by atoms with Gasteiger partial charge in [-0.05, 0) is 12.0 Å². The van der Waals surface area contributed by atoms with E-state index in [1.54, 1.807) is 0 Å². The average molecular weight is 252 g/mol. The summed E-state index contributed by atoms with van der Waals surface area (Å²) in [7, 11) is 0. The first kappa shape index (κ1) is 19.0. The number of carbonyl (C=O) groups excluding carboxylic acids is 1. The van der Waals surface area contributed by atoms with Crippen LogP contribution in [0.25, 0.3) is 0 Å². The van der Waals surface area contributed by atoms with Crippen LogP contribution in [-0.4, -0.2) is 5.97 Å². The SMILES string of the molecule is CC.CC.CCCC(OC(C)=O)c1ccccc1. The molecule has 1 aromatic rings. The lowest BCUT2D eigenvalue weighted by Crippen LogP contribution is -2.08. The third-order valence-corrected chi connectivity index (χ3v) is 2.03. The summed E-state index contributed by atoms with van der Waals surface area (Å²) in [4.78, 5) is 10.9. The van der Waals surface area contributed by atoms with Crippen LogP contribution < -0.4 is 0 Å². The maximum Gasteiger partial charge on any atom is 0.303 e. The van der Waals surface area contributed by atoms with Crippen LogP contribution >= 0.6 is 0 Å². The van der Waals surface area contributed by atoms with Gasteiger partial charge in [-0.2, -0.15) is 0 Å². The summed E-state index contributed by atoms with van der Waals surface area (Å²) in [6, 6.07) is 9.86. The molecule has 0 saturated heterocycles. The predicted octanol–water partition coefficient (Wildman–Crippen LogP) is 5.14. The molecule has 0 amide bonds. The van der Waals surface area contributed by atoms with Gasteiger partial charge in [-0.3, -0.25) is 4.79 Å². The molecule has 0 radical (unpaired) electrons. The second kappa shape index (κ2) is 13.8. The zero-order chi connectivity index (χ0) is 14.4. The van der Waals surface area contributed by atoms with Crippen molar-refractivity contribution in [2.45, 2.75) is 60.5 Å². The molecule has 2 heteroatoms. The maximum absolute atomic E-state index is 10.9. The molecule has 0 heterocycles. The summed E-state index contributed by atoms with van der Waals surface area (Å²) >= 11 is 0. The van der Waals surface area contributed by atoms with Gasteiger partial charge in [0.25, 0.3) is 0 Å². The van der Waals surface area contributed by atoms with Gasteiger partial charge in [-0.1, -0.05) is 71.4 Å². The summed E-state index contributed by atoms with van der Waals surface area (Å²) in [6.45, 7) is 11.5. The number of rotatable bonds is 4. The van der Waals surface area contributed by atoms with Crippen molar-refractivity contribution in [1.82, 2.24) is 0 Å². The molecular weight excluding hydrogens is 224 g/mol. The van der Waals surface area contributed by atoms with Gasteiger partial charge in [0.2, 0.25) is 0 Å². The normalized spacial score (nSPS) is 10.1. The summed E-state index contributed by atoms with van der Waals surface area (Å²) in [5.41, 5.74) is 1.07. The molecule has 1 atom stereocenters. The molecule has 0 saturated carbocycles. The average Bonchev–Trinajstić information content (AvgIpc) is 2.43. The van der Waals surface area contributed by atoms with Crippen LogP contribution in [0, 0.1) is 0 Å². The van der Waals surface area contributed by atoms with Crippen LogP contribution in [0.5, 0.6) is 0 Å². The fraction of sp³-hybridized carbons (Fsp3) is 0.562. The summed E-state index contributed by atoms with van der Waals surface area (Å²) in [5, 5.41) is 0. The van der Waals surface area contributed by atoms with Gasteiger partial charge in [0, 0.05) is 6.92 Å². The van der Waals surface area contributed by atoms with E-state index in [2.05, 4.69) is 6.92 Å². The fourth-order valence-corrected chi connectivity index (χ4v) is 1.42. The molecule has 18 heavy (non-hydrogen) atoms. The second-order valence-corrected chi connectivity index (χ2v) is 3.30. The van der Waals surface area contributed by atoms with Crippen molar-refractivity contribution < 1.29 is 9.53 Å². The Morgan fingerprint density at radius 1 is 1.11 bits per heavy atom. The summed E-state index contributed by atoms with van der Waals surface area (Å²) < 4.78 is 5.24. The van der Waals surface area contributed by atoms with Crippen molar-refractivity contribution in [1.29, 1.82) is 0 Å². The third kappa shape index (κ3) is 8.80. The van der Waals surface area contributed by atoms with E-state index in [4.69, 9.17) is 4.74 Å². The third-order valence-electron chi connectivity index (χ3n) is 2.03. The number of benzene rings is 1. The number of hydrogen-bond donors (Lipinski definition) is 0. The smallest absolute Gasteiger partial charge is 0.303 e. The van der Waals surface area contributed by atoms with Gasteiger partial charge in [0.1, 0.15) is 6.10 Å². The lowest BCUT2D eigenvalue weighted by atomic mass is 10.1. The number of hydrogen-bond acceptors (Lipinski definition) is 2. The Morgan fingerprint density at radius 2 is 1.61 bits per heavy atom. The first-order valence-corrected chi connectivity index (χ1v) is 6.96. The standard InChI is InChI=1S/C12H16O2.2C2H6/c1-3-7-12(14-10(2)13)11-8-5-4-6-9-11;2*1-2/h4-6,8-9,12H,3,7H2,1-2H3;2*1-2H3. The second-order valence-electron chi connectivity index (χ2n) is 3.30. The lowest BCUT2D eigenvalue weighted by molar-refractivity contribution is -0.147. The molecule has 0 aliphatic heterocycles. The van der Waals surface area contributed by atoms with E-state index in [0.717, 1.165) is 18.4 Å². The zero-order valence-electron chi connectivity index (χ0n) is 12.7. The number of ether oxygens (including phenoxy) is 1. The molecule has 1 aromatic carbocycles. The van der Waals surface area contributed by atoms with E-state index in [1.165, 1.54) is 6.92 Å². The number of esters is 1. The molecule has 0 aromatic heterocycles. The summed E-state index contributed by atoms with van der Waals surface area (Å²) in [5.74, 6) is -0.215. The minimum atomic E-state index is -0.215. The first-order valence-electron chi connectivity index (χ1n) is 6.96. The molecule has 0 aliphatic rings. The highest BCUT2D eigenvalue weighted by atomic mass is 16.5. The van der Waals surface area contributed by atoms with Crippen molar-refractivity contribution in [2.75, 3.05) is 0 Å². The van der Waals surface area contributed by atoms with Crippen molar-refractivity contribution in [3.63, 3.8) is 0 Å². The Balaban J connectivity index is 0. The van der Waals surface area contributed by atoms with Crippen LogP contribution in [-0.2, 0) is 9.53 Å². The van der Waals surface area contributed by atoms with Gasteiger partial charge in [-0.15, -0.1) is 0 Å². The lowest BCUT2D eigenvalue weighted by Gasteiger charge is -2.16. The Labute approximate surface area is 112 Å². The van der Waals surface area contributed by atoms with Crippen molar-refractivity contribution >= 4 is 5.97 Å². The highest BCUT2D eigenvalue weighted by Crippen LogP contribution is 2.22. The first-order chi connectivity index (χ1) is 8.74. The molecule has 0 N–H and O–H groups in total. The highest BCUT2D eigenvalue weighted by molar-refractivity contribution is 5.66. The van der Waals surface area contributed by atoms with Crippen LogP contribution in [0.3, 0.4) is 0 Å². The molecule has 0 spiro atoms. The molecule has 2 nitrogen and oxygen atoms in total. The van der Waals surface area contributed by atoms with Crippen LogP contribution in [0.2, 0.25) is 0 Å². The largest absolute Gasteiger partial charge is 0.458 e. The summed E-state index contributed by atoms with van der Waals surface area (Å²) in [6.07, 6.45) is 1.80. The monoisotopic (exact) mass is 252 g/mol. The Kier molecular flexibility index (Phi) is 14.5. The van der Waals surface area contributed by atoms with E-state index in [9.17, 15) is 4.79 Å². The van der Waals surface area contributed by atoms with Crippen molar-refractivity contribution in [3.05, 3.63) is 35.9 Å². The van der Waals surface area contributed by atoms with Crippen LogP contribution in [0.1, 0.15) is 66.1 Å². The van der Waals surface area contributed by atoms with Gasteiger partial charge in [0.05, 0.1) is 0 Å². The maximum atomic E-state index is 10.9. The molecular formula is C16H28O2. The van der Waals surface area contributed by atoms with Gasteiger partial charge in [0.15, 0.2) is 0 Å². The molecule has 0 fully saturated rings. The quantitative estimate of drug-likeness (QED) is 0.693. The van der Waals surface area contributed by atoms with Gasteiger partial charge < -0.3 is 4.74 Å². The zero-order valence-corrected chi connectivity index (χ0v) is 12.7. The minimum Gasteiger partial charge on any atom is -0.458 e. The highest BCUT2D eigenvalue weighted by Gasteiger charge is 2.12. The topological polar surface area (TPSA) is 26.3 Å². The molecule has 1 rings (SSSR count). The van der Waals surface area contributed by atoms with E-state index in [1.807, 2.05) is 58.0 Å². The van der Waals surface area contributed by atoms with Crippen molar-refractivity contribution in [2.24, 2.45) is 0 Å². The van der Waals surface area contributed by atoms with Crippen LogP contribution in [0.4, 0.5) is 0 Å². The van der Waals surface area contributed by atoms with Gasteiger partial charge in [-0.25, -0.2) is 0 Å². The van der Waals surface area contributed by atoms with E-state index >= 15 is 0 Å². The van der Waals surface area contributed by atoms with E-state index in [-0.39, 0.29) is 12.1 Å². The van der Waals surface area contributed by atoms with Gasteiger partial charge >= 0.3 is 5.97 Å². The van der Waals surface area contributed by atoms with Crippen molar-refractivity contribution in [3.8, 4) is 0 Å². The molecule has 0 bridgehead atoms. The molecule has 0 aliphatic carbocycles. The van der Waals surface area contributed by atoms with E-state index in [0.29, 0.717) is 0 Å².